The molecule has 4 rings (SSSR count). The first-order valence-electron chi connectivity index (χ1n) is 8.49. The van der Waals surface area contributed by atoms with E-state index in [-0.39, 0.29) is 11.7 Å². The van der Waals surface area contributed by atoms with Gasteiger partial charge in [0, 0.05) is 23.2 Å². The maximum atomic E-state index is 12.9. The van der Waals surface area contributed by atoms with Gasteiger partial charge in [0.25, 0.3) is 5.91 Å². The summed E-state index contributed by atoms with van der Waals surface area (Å²) in [4.78, 5) is 19.4. The molecule has 1 atom stereocenters. The van der Waals surface area contributed by atoms with Crippen LogP contribution in [0.25, 0.3) is 10.6 Å². The Kier molecular flexibility index (Phi) is 4.10. The number of hydrogen-bond acceptors (Lipinski definition) is 4. The molecular formula is C19H20N2O2S. The fourth-order valence-corrected chi connectivity index (χ4v) is 4.44. The van der Waals surface area contributed by atoms with Crippen molar-refractivity contribution in [1.82, 2.24) is 9.88 Å². The van der Waals surface area contributed by atoms with Gasteiger partial charge in [-0.05, 0) is 62.3 Å². The number of rotatable bonds is 2. The molecule has 1 aliphatic carbocycles. The molecule has 1 aromatic carbocycles. The maximum Gasteiger partial charge on any atom is 0.277 e. The number of piperidine rings is 1. The summed E-state index contributed by atoms with van der Waals surface area (Å²) in [6.45, 7) is 0.799. The Bertz CT molecular complexity index is 779. The Morgan fingerprint density at radius 3 is 2.83 bits per heavy atom. The van der Waals surface area contributed by atoms with Crippen LogP contribution in [-0.4, -0.2) is 27.4 Å². The van der Waals surface area contributed by atoms with E-state index in [1.54, 1.807) is 12.1 Å². The van der Waals surface area contributed by atoms with Gasteiger partial charge in [-0.15, -0.1) is 11.3 Å². The molecule has 1 saturated heterocycles. The van der Waals surface area contributed by atoms with Gasteiger partial charge < -0.3 is 10.0 Å². The van der Waals surface area contributed by atoms with Gasteiger partial charge in [-0.3, -0.25) is 4.79 Å². The van der Waals surface area contributed by atoms with E-state index in [9.17, 15) is 9.90 Å². The molecule has 1 N–H and O–H groups in total. The molecule has 24 heavy (non-hydrogen) atoms. The minimum Gasteiger partial charge on any atom is -0.508 e. The summed E-state index contributed by atoms with van der Waals surface area (Å²) in [6, 6.07) is 6.92. The van der Waals surface area contributed by atoms with Crippen LogP contribution in [0.2, 0.25) is 0 Å². The number of carbonyl (C=O) groups excluding carboxylic acids is 1. The topological polar surface area (TPSA) is 53.4 Å². The summed E-state index contributed by atoms with van der Waals surface area (Å²) in [6.07, 6.45) is 8.03. The highest BCUT2D eigenvalue weighted by atomic mass is 32.1. The molecule has 2 heterocycles. The van der Waals surface area contributed by atoms with Crippen molar-refractivity contribution in [3.05, 3.63) is 47.1 Å². The molecule has 1 fully saturated rings. The zero-order valence-electron chi connectivity index (χ0n) is 13.4. The molecule has 2 aliphatic rings. The summed E-state index contributed by atoms with van der Waals surface area (Å²) >= 11 is 1.47. The van der Waals surface area contributed by atoms with Crippen LogP contribution in [0.3, 0.4) is 0 Å². The third kappa shape index (κ3) is 2.84. The van der Waals surface area contributed by atoms with Gasteiger partial charge in [0.15, 0.2) is 0 Å². The predicted octanol–water partition coefficient (Wildman–Crippen LogP) is 4.44. The molecule has 1 aromatic heterocycles. The number of nitrogens with zero attached hydrogens (tertiary/aromatic N) is 2. The van der Waals surface area contributed by atoms with Crippen LogP contribution in [0.1, 0.15) is 42.6 Å². The number of allylic oxidation sites excluding steroid dienone is 2. The lowest BCUT2D eigenvalue weighted by Gasteiger charge is -2.37. The second kappa shape index (κ2) is 6.40. The molecule has 4 nitrogen and oxygen atoms in total. The molecular weight excluding hydrogens is 320 g/mol. The number of aromatic nitrogens is 1. The highest BCUT2D eigenvalue weighted by Crippen LogP contribution is 2.36. The van der Waals surface area contributed by atoms with Crippen LogP contribution < -0.4 is 0 Å². The first kappa shape index (κ1) is 15.4. The number of phenolic OH excluding ortho intramolecular Hbond substituents is 1. The summed E-state index contributed by atoms with van der Waals surface area (Å²) in [5.74, 6) is 0.802. The van der Waals surface area contributed by atoms with Crippen molar-refractivity contribution in [2.75, 3.05) is 6.54 Å². The molecule has 1 unspecified atom stereocenters. The Labute approximate surface area is 145 Å². The van der Waals surface area contributed by atoms with E-state index >= 15 is 0 Å². The minimum absolute atomic E-state index is 0.0223. The lowest BCUT2D eigenvalue weighted by atomic mass is 9.85. The number of fused-ring (bicyclic) bond motifs is 1. The van der Waals surface area contributed by atoms with Gasteiger partial charge in [0.1, 0.15) is 16.5 Å². The summed E-state index contributed by atoms with van der Waals surface area (Å²) in [5.41, 5.74) is 2.66. The van der Waals surface area contributed by atoms with Crippen LogP contribution in [-0.2, 0) is 0 Å². The third-order valence-corrected chi connectivity index (χ3v) is 5.75. The van der Waals surface area contributed by atoms with Crippen molar-refractivity contribution in [3.8, 4) is 16.3 Å². The monoisotopic (exact) mass is 340 g/mol. The molecule has 0 radical (unpaired) electrons. The van der Waals surface area contributed by atoms with E-state index < -0.39 is 0 Å². The second-order valence-corrected chi connectivity index (χ2v) is 7.30. The number of phenols is 1. The number of aromatic hydroxyl groups is 1. The second-order valence-electron chi connectivity index (χ2n) is 6.44. The molecule has 124 valence electrons. The highest BCUT2D eigenvalue weighted by molar-refractivity contribution is 7.13. The van der Waals surface area contributed by atoms with Crippen molar-refractivity contribution >= 4 is 17.2 Å². The van der Waals surface area contributed by atoms with E-state index in [4.69, 9.17) is 0 Å². The fourth-order valence-electron chi connectivity index (χ4n) is 3.64. The number of likely N-dealkylation sites (tertiary alicyclic amines) is 1. The van der Waals surface area contributed by atoms with Gasteiger partial charge in [0.05, 0.1) is 0 Å². The molecule has 5 heteroatoms. The van der Waals surface area contributed by atoms with Gasteiger partial charge in [-0.25, -0.2) is 4.98 Å². The zero-order chi connectivity index (χ0) is 16.5. The Morgan fingerprint density at radius 1 is 1.21 bits per heavy atom. The molecule has 0 spiro atoms. The average molecular weight is 340 g/mol. The van der Waals surface area contributed by atoms with Crippen LogP contribution in [0.5, 0.6) is 5.75 Å². The standard InChI is InChI=1S/C19H20N2O2S/c22-15-9-7-14(8-10-15)18-20-16(12-24-18)19(23)21-11-3-5-13-4-1-2-6-17(13)21/h6-10,12-13,22H,1-5,11H2. The summed E-state index contributed by atoms with van der Waals surface area (Å²) in [7, 11) is 0. The van der Waals surface area contributed by atoms with Crippen LogP contribution in [0, 0.1) is 5.92 Å². The SMILES string of the molecule is O=C(c1csc(-c2ccc(O)cc2)n1)N1CCCC2CCCC=C21. The minimum atomic E-state index is 0.0223. The zero-order valence-corrected chi connectivity index (χ0v) is 14.3. The van der Waals surface area contributed by atoms with Crippen molar-refractivity contribution in [2.45, 2.75) is 32.1 Å². The summed E-state index contributed by atoms with van der Waals surface area (Å²) < 4.78 is 0. The lowest BCUT2D eigenvalue weighted by Crippen LogP contribution is -2.39. The lowest BCUT2D eigenvalue weighted by molar-refractivity contribution is 0.0744. The maximum absolute atomic E-state index is 12.9. The number of hydrogen-bond donors (Lipinski definition) is 1. The van der Waals surface area contributed by atoms with E-state index in [1.165, 1.54) is 36.3 Å². The summed E-state index contributed by atoms with van der Waals surface area (Å²) in [5, 5.41) is 12.0. The van der Waals surface area contributed by atoms with Gasteiger partial charge >= 0.3 is 0 Å². The smallest absolute Gasteiger partial charge is 0.277 e. The van der Waals surface area contributed by atoms with Gasteiger partial charge in [0.2, 0.25) is 0 Å². The Morgan fingerprint density at radius 2 is 2.00 bits per heavy atom. The molecule has 1 aliphatic heterocycles. The highest BCUT2D eigenvalue weighted by Gasteiger charge is 2.31. The number of thiazole rings is 1. The molecule has 0 saturated carbocycles. The number of amides is 1. The van der Waals surface area contributed by atoms with E-state index in [0.717, 1.165) is 30.0 Å². The van der Waals surface area contributed by atoms with E-state index in [0.29, 0.717) is 11.6 Å². The van der Waals surface area contributed by atoms with E-state index in [1.807, 2.05) is 22.4 Å². The van der Waals surface area contributed by atoms with Crippen molar-refractivity contribution < 1.29 is 9.90 Å². The molecule has 1 amide bonds. The largest absolute Gasteiger partial charge is 0.508 e. The molecule has 2 aromatic rings. The Balaban J connectivity index is 1.58. The fraction of sp³-hybridized carbons (Fsp3) is 0.368. The van der Waals surface area contributed by atoms with E-state index in [2.05, 4.69) is 11.1 Å². The van der Waals surface area contributed by atoms with Crippen LogP contribution in [0.15, 0.2) is 41.4 Å². The number of benzene rings is 1. The average Bonchev–Trinajstić information content (AvgIpc) is 3.11. The van der Waals surface area contributed by atoms with Crippen molar-refractivity contribution in [3.63, 3.8) is 0 Å². The molecule has 0 bridgehead atoms. The number of carbonyl (C=O) groups is 1. The van der Waals surface area contributed by atoms with Crippen LogP contribution >= 0.6 is 11.3 Å². The van der Waals surface area contributed by atoms with Gasteiger partial charge in [-0.1, -0.05) is 6.08 Å². The third-order valence-electron chi connectivity index (χ3n) is 4.86. The van der Waals surface area contributed by atoms with Gasteiger partial charge in [-0.2, -0.15) is 0 Å². The predicted molar refractivity (Wildman–Crippen MR) is 94.9 cm³/mol. The van der Waals surface area contributed by atoms with Crippen molar-refractivity contribution in [1.29, 1.82) is 0 Å². The normalized spacial score (nSPS) is 20.4. The first-order valence-corrected chi connectivity index (χ1v) is 9.37. The Hall–Kier alpha value is -2.14. The quantitative estimate of drug-likeness (QED) is 0.879. The first-order chi connectivity index (χ1) is 11.7. The van der Waals surface area contributed by atoms with Crippen molar-refractivity contribution in [2.24, 2.45) is 5.92 Å². The van der Waals surface area contributed by atoms with Crippen LogP contribution in [0.4, 0.5) is 0 Å².